The van der Waals surface area contributed by atoms with Gasteiger partial charge in [0.25, 0.3) is 0 Å². The summed E-state index contributed by atoms with van der Waals surface area (Å²) in [7, 11) is 0. The van der Waals surface area contributed by atoms with E-state index < -0.39 is 0 Å². The third kappa shape index (κ3) is 4.00. The number of thioether (sulfide) groups is 1. The van der Waals surface area contributed by atoms with Gasteiger partial charge in [-0.25, -0.2) is 0 Å². The van der Waals surface area contributed by atoms with Crippen molar-refractivity contribution in [3.05, 3.63) is 18.0 Å². The maximum absolute atomic E-state index is 8.83. The summed E-state index contributed by atoms with van der Waals surface area (Å²) < 4.78 is 1.79. The number of aromatic nitrogens is 2. The smallest absolute Gasteiger partial charge is 0.0640 e. The molecule has 2 unspecified atom stereocenters. The normalized spacial score (nSPS) is 23.7. The fourth-order valence-corrected chi connectivity index (χ4v) is 3.64. The van der Waals surface area contributed by atoms with E-state index in [1.165, 1.54) is 30.6 Å². The molecular formula is C13H23N3OS. The van der Waals surface area contributed by atoms with Crippen LogP contribution in [0.25, 0.3) is 0 Å². The van der Waals surface area contributed by atoms with Crippen molar-refractivity contribution in [3.8, 4) is 0 Å². The van der Waals surface area contributed by atoms with Gasteiger partial charge in [-0.3, -0.25) is 4.68 Å². The minimum Gasteiger partial charge on any atom is -0.394 e. The van der Waals surface area contributed by atoms with Crippen molar-refractivity contribution in [1.29, 1.82) is 0 Å². The molecule has 0 aromatic carbocycles. The Hall–Kier alpha value is -0.520. The van der Waals surface area contributed by atoms with Crippen LogP contribution in [-0.2, 0) is 13.1 Å². The molecule has 0 amide bonds. The zero-order chi connectivity index (χ0) is 12.8. The lowest BCUT2D eigenvalue weighted by molar-refractivity contribution is 0.269. The molecule has 1 heterocycles. The average Bonchev–Trinajstić information content (AvgIpc) is 2.97. The van der Waals surface area contributed by atoms with Crippen molar-refractivity contribution in [1.82, 2.24) is 15.1 Å². The Morgan fingerprint density at radius 3 is 3.22 bits per heavy atom. The quantitative estimate of drug-likeness (QED) is 0.790. The third-order valence-corrected chi connectivity index (χ3v) is 4.63. The molecule has 0 bridgehead atoms. The highest BCUT2D eigenvalue weighted by molar-refractivity contribution is 7.99. The average molecular weight is 269 g/mol. The summed E-state index contributed by atoms with van der Waals surface area (Å²) in [6.07, 6.45) is 7.83. The lowest BCUT2D eigenvalue weighted by atomic mass is 10.2. The fraction of sp³-hybridized carbons (Fsp3) is 0.769. The summed E-state index contributed by atoms with van der Waals surface area (Å²) in [5.41, 5.74) is 1.20. The van der Waals surface area contributed by atoms with Gasteiger partial charge in [0.1, 0.15) is 0 Å². The van der Waals surface area contributed by atoms with E-state index in [2.05, 4.69) is 29.1 Å². The van der Waals surface area contributed by atoms with Crippen molar-refractivity contribution in [2.24, 2.45) is 0 Å². The Balaban J connectivity index is 1.71. The van der Waals surface area contributed by atoms with Crippen LogP contribution in [0.5, 0.6) is 0 Å². The highest BCUT2D eigenvalue weighted by Gasteiger charge is 2.23. The lowest BCUT2D eigenvalue weighted by Gasteiger charge is -2.12. The first-order chi connectivity index (χ1) is 8.81. The Morgan fingerprint density at radius 2 is 2.44 bits per heavy atom. The number of aliphatic hydroxyl groups is 1. The predicted molar refractivity (Wildman–Crippen MR) is 75.7 cm³/mol. The zero-order valence-corrected chi connectivity index (χ0v) is 11.8. The molecule has 1 aromatic rings. The molecule has 0 saturated heterocycles. The maximum atomic E-state index is 8.83. The standard InChI is InChI=1S/C13H23N3OS/c1-2-18-13-4-3-12(7-13)14-8-11-9-15-16(10-11)5-6-17/h9-10,12-14,17H,2-8H2,1H3. The van der Waals surface area contributed by atoms with Crippen LogP contribution in [-0.4, -0.2) is 38.5 Å². The van der Waals surface area contributed by atoms with Gasteiger partial charge in [-0.1, -0.05) is 6.92 Å². The van der Waals surface area contributed by atoms with E-state index in [1.54, 1.807) is 4.68 Å². The van der Waals surface area contributed by atoms with Gasteiger partial charge in [0.2, 0.25) is 0 Å². The molecule has 102 valence electrons. The van der Waals surface area contributed by atoms with Crippen LogP contribution in [0.2, 0.25) is 0 Å². The Labute approximate surface area is 113 Å². The number of hydrogen-bond donors (Lipinski definition) is 2. The van der Waals surface area contributed by atoms with Crippen molar-refractivity contribution in [2.75, 3.05) is 12.4 Å². The molecule has 2 atom stereocenters. The molecule has 0 spiro atoms. The molecule has 1 aromatic heterocycles. The first-order valence-corrected chi connectivity index (χ1v) is 7.84. The number of nitrogens with zero attached hydrogens (tertiary/aromatic N) is 2. The number of aliphatic hydroxyl groups excluding tert-OH is 1. The Morgan fingerprint density at radius 1 is 1.56 bits per heavy atom. The van der Waals surface area contributed by atoms with E-state index >= 15 is 0 Å². The second-order valence-electron chi connectivity index (χ2n) is 4.80. The fourth-order valence-electron chi connectivity index (χ4n) is 2.50. The van der Waals surface area contributed by atoms with Gasteiger partial charge >= 0.3 is 0 Å². The van der Waals surface area contributed by atoms with E-state index in [0.717, 1.165) is 11.8 Å². The van der Waals surface area contributed by atoms with Gasteiger partial charge in [0, 0.05) is 29.6 Å². The molecule has 1 aliphatic rings. The highest BCUT2D eigenvalue weighted by Crippen LogP contribution is 2.29. The van der Waals surface area contributed by atoms with Crippen molar-refractivity contribution in [3.63, 3.8) is 0 Å². The number of hydrogen-bond acceptors (Lipinski definition) is 4. The molecule has 1 aliphatic carbocycles. The number of rotatable bonds is 7. The Bertz CT molecular complexity index is 356. The van der Waals surface area contributed by atoms with Gasteiger partial charge in [-0.05, 0) is 25.0 Å². The number of nitrogens with one attached hydrogen (secondary N) is 1. The summed E-state index contributed by atoms with van der Waals surface area (Å²) in [5, 5.41) is 17.5. The molecule has 18 heavy (non-hydrogen) atoms. The van der Waals surface area contributed by atoms with Gasteiger partial charge in [-0.15, -0.1) is 0 Å². The van der Waals surface area contributed by atoms with Crippen LogP contribution in [0.3, 0.4) is 0 Å². The third-order valence-electron chi connectivity index (χ3n) is 3.40. The molecule has 2 rings (SSSR count). The van der Waals surface area contributed by atoms with Gasteiger partial charge < -0.3 is 10.4 Å². The van der Waals surface area contributed by atoms with Gasteiger partial charge in [-0.2, -0.15) is 16.9 Å². The zero-order valence-electron chi connectivity index (χ0n) is 11.0. The molecule has 0 aliphatic heterocycles. The summed E-state index contributed by atoms with van der Waals surface area (Å²) >= 11 is 2.09. The van der Waals surface area contributed by atoms with E-state index in [0.29, 0.717) is 12.6 Å². The van der Waals surface area contributed by atoms with Crippen LogP contribution in [0.15, 0.2) is 12.4 Å². The van der Waals surface area contributed by atoms with E-state index in [1.807, 2.05) is 12.4 Å². The Kier molecular flexibility index (Phi) is 5.53. The van der Waals surface area contributed by atoms with Gasteiger partial charge in [0.05, 0.1) is 19.3 Å². The van der Waals surface area contributed by atoms with E-state index in [4.69, 9.17) is 5.11 Å². The van der Waals surface area contributed by atoms with Crippen molar-refractivity contribution >= 4 is 11.8 Å². The largest absolute Gasteiger partial charge is 0.394 e. The first kappa shape index (κ1) is 13.9. The minimum atomic E-state index is 0.146. The maximum Gasteiger partial charge on any atom is 0.0640 e. The van der Waals surface area contributed by atoms with E-state index in [9.17, 15) is 0 Å². The van der Waals surface area contributed by atoms with Crippen LogP contribution in [0.1, 0.15) is 31.7 Å². The van der Waals surface area contributed by atoms with Crippen molar-refractivity contribution in [2.45, 2.75) is 50.6 Å². The SMILES string of the molecule is CCSC1CCC(NCc2cnn(CCO)c2)C1. The highest BCUT2D eigenvalue weighted by atomic mass is 32.2. The molecule has 5 heteroatoms. The molecule has 1 fully saturated rings. The van der Waals surface area contributed by atoms with Crippen LogP contribution in [0.4, 0.5) is 0 Å². The van der Waals surface area contributed by atoms with Gasteiger partial charge in [0.15, 0.2) is 0 Å². The molecule has 4 nitrogen and oxygen atoms in total. The summed E-state index contributed by atoms with van der Waals surface area (Å²) in [6.45, 7) is 3.85. The second-order valence-corrected chi connectivity index (χ2v) is 6.38. The predicted octanol–water partition coefficient (Wildman–Crippen LogP) is 1.64. The summed E-state index contributed by atoms with van der Waals surface area (Å²) in [4.78, 5) is 0. The summed E-state index contributed by atoms with van der Waals surface area (Å²) in [5.74, 6) is 1.23. The minimum absolute atomic E-state index is 0.146. The lowest BCUT2D eigenvalue weighted by Crippen LogP contribution is -2.26. The topological polar surface area (TPSA) is 50.1 Å². The first-order valence-electron chi connectivity index (χ1n) is 6.79. The molecule has 0 radical (unpaired) electrons. The summed E-state index contributed by atoms with van der Waals surface area (Å²) in [6, 6.07) is 0.662. The molecule has 2 N–H and O–H groups in total. The van der Waals surface area contributed by atoms with E-state index in [-0.39, 0.29) is 6.61 Å². The van der Waals surface area contributed by atoms with Crippen LogP contribution >= 0.6 is 11.8 Å². The second kappa shape index (κ2) is 7.16. The van der Waals surface area contributed by atoms with Crippen LogP contribution in [0, 0.1) is 0 Å². The molecular weight excluding hydrogens is 246 g/mol. The van der Waals surface area contributed by atoms with Crippen LogP contribution < -0.4 is 5.32 Å². The molecule has 1 saturated carbocycles. The monoisotopic (exact) mass is 269 g/mol. The van der Waals surface area contributed by atoms with Crippen molar-refractivity contribution < 1.29 is 5.11 Å².